The van der Waals surface area contributed by atoms with Crippen molar-refractivity contribution in [3.63, 3.8) is 0 Å². The van der Waals surface area contributed by atoms with E-state index >= 15 is 0 Å². The molecule has 1 saturated heterocycles. The zero-order valence-electron chi connectivity index (χ0n) is 14.8. The van der Waals surface area contributed by atoms with Crippen LogP contribution in [0.25, 0.3) is 11.3 Å². The molecule has 1 aromatic heterocycles. The van der Waals surface area contributed by atoms with Crippen LogP contribution in [0.15, 0.2) is 36.5 Å². The minimum absolute atomic E-state index is 0.257. The summed E-state index contributed by atoms with van der Waals surface area (Å²) in [5.74, 6) is 0.920. The average molecular weight is 354 g/mol. The number of nitrogens with zero attached hydrogens (tertiary/aromatic N) is 4. The zero-order valence-corrected chi connectivity index (χ0v) is 14.8. The van der Waals surface area contributed by atoms with Crippen molar-refractivity contribution in [3.8, 4) is 17.3 Å². The number of hydrogen-bond donors (Lipinski definition) is 0. The monoisotopic (exact) mass is 354 g/mol. The number of benzene rings is 1. The summed E-state index contributed by atoms with van der Waals surface area (Å²) in [5, 5.41) is 8.49. The van der Waals surface area contributed by atoms with E-state index in [2.05, 4.69) is 20.9 Å². The zero-order chi connectivity index (χ0) is 18.2. The average Bonchev–Trinajstić information content (AvgIpc) is 2.68. The van der Waals surface area contributed by atoms with Crippen molar-refractivity contribution in [1.29, 1.82) is 5.26 Å². The van der Waals surface area contributed by atoms with Crippen LogP contribution in [0.5, 0.6) is 0 Å². The van der Waals surface area contributed by atoms with E-state index in [-0.39, 0.29) is 5.82 Å². The van der Waals surface area contributed by atoms with Crippen molar-refractivity contribution in [1.82, 2.24) is 14.9 Å². The van der Waals surface area contributed by atoms with Crippen molar-refractivity contribution in [3.05, 3.63) is 48.2 Å². The fraction of sp³-hybridized carbons (Fsp3) is 0.450. The van der Waals surface area contributed by atoms with Crippen LogP contribution in [0.4, 0.5) is 4.39 Å². The van der Waals surface area contributed by atoms with Gasteiger partial charge in [0, 0.05) is 24.2 Å². The van der Waals surface area contributed by atoms with E-state index in [0.29, 0.717) is 25.6 Å². The van der Waals surface area contributed by atoms with Crippen molar-refractivity contribution in [2.75, 3.05) is 32.8 Å². The Labute approximate surface area is 153 Å². The highest BCUT2D eigenvalue weighted by molar-refractivity contribution is 5.58. The Hall–Kier alpha value is -2.36. The van der Waals surface area contributed by atoms with Crippen LogP contribution in [-0.4, -0.2) is 47.7 Å². The molecule has 0 spiro atoms. The fourth-order valence-electron chi connectivity index (χ4n) is 3.21. The van der Waals surface area contributed by atoms with Gasteiger partial charge in [-0.2, -0.15) is 5.26 Å². The normalized spacial score (nSPS) is 15.7. The summed E-state index contributed by atoms with van der Waals surface area (Å²) in [6.45, 7) is 4.04. The van der Waals surface area contributed by atoms with Gasteiger partial charge >= 0.3 is 0 Å². The van der Waals surface area contributed by atoms with Crippen molar-refractivity contribution in [2.45, 2.75) is 25.2 Å². The molecule has 2 aromatic rings. The Bertz CT molecular complexity index is 753. The Morgan fingerprint density at radius 2 is 2.08 bits per heavy atom. The minimum atomic E-state index is -0.257. The molecule has 0 N–H and O–H groups in total. The molecule has 0 saturated carbocycles. The molecule has 1 aliphatic rings. The Balaban J connectivity index is 1.53. The molecule has 136 valence electrons. The van der Waals surface area contributed by atoms with Gasteiger partial charge in [-0.1, -0.05) is 12.1 Å². The molecular weight excluding hydrogens is 331 g/mol. The molecule has 3 rings (SSSR count). The molecule has 0 radical (unpaired) electrons. The summed E-state index contributed by atoms with van der Waals surface area (Å²) in [5.41, 5.74) is 1.54. The first-order valence-electron chi connectivity index (χ1n) is 9.02. The first-order valence-corrected chi connectivity index (χ1v) is 9.02. The lowest BCUT2D eigenvalue weighted by Gasteiger charge is -2.31. The van der Waals surface area contributed by atoms with E-state index in [9.17, 15) is 4.39 Å². The Morgan fingerprint density at radius 1 is 1.23 bits per heavy atom. The highest BCUT2D eigenvalue weighted by Gasteiger charge is 2.22. The van der Waals surface area contributed by atoms with Gasteiger partial charge in [-0.3, -0.25) is 0 Å². The Kier molecular flexibility index (Phi) is 6.64. The van der Waals surface area contributed by atoms with Gasteiger partial charge in [0.15, 0.2) is 0 Å². The number of rotatable bonds is 7. The van der Waals surface area contributed by atoms with Gasteiger partial charge in [0.2, 0.25) is 0 Å². The maximum absolute atomic E-state index is 13.4. The van der Waals surface area contributed by atoms with Gasteiger partial charge in [-0.25, -0.2) is 14.4 Å². The molecule has 1 fully saturated rings. The van der Waals surface area contributed by atoms with E-state index in [0.717, 1.165) is 49.6 Å². The second-order valence-electron chi connectivity index (χ2n) is 6.45. The molecule has 2 heterocycles. The van der Waals surface area contributed by atoms with Crippen molar-refractivity contribution in [2.24, 2.45) is 0 Å². The molecule has 0 unspecified atom stereocenters. The second-order valence-corrected chi connectivity index (χ2v) is 6.45. The third kappa shape index (κ3) is 5.07. The van der Waals surface area contributed by atoms with Gasteiger partial charge in [-0.15, -0.1) is 0 Å². The summed E-state index contributed by atoms with van der Waals surface area (Å²) < 4.78 is 18.9. The molecule has 1 aromatic carbocycles. The van der Waals surface area contributed by atoms with Crippen LogP contribution in [-0.2, 0) is 4.74 Å². The molecule has 6 heteroatoms. The van der Waals surface area contributed by atoms with E-state index in [1.807, 2.05) is 12.1 Å². The van der Waals surface area contributed by atoms with Gasteiger partial charge < -0.3 is 9.64 Å². The van der Waals surface area contributed by atoms with Gasteiger partial charge in [0.1, 0.15) is 11.6 Å². The highest BCUT2D eigenvalue weighted by atomic mass is 19.1. The van der Waals surface area contributed by atoms with E-state index in [4.69, 9.17) is 10.00 Å². The predicted octanol–water partition coefficient (Wildman–Crippen LogP) is 3.39. The topological polar surface area (TPSA) is 62.0 Å². The molecular formula is C20H23FN4O. The quantitative estimate of drug-likeness (QED) is 0.713. The minimum Gasteiger partial charge on any atom is -0.379 e. The third-order valence-electron chi connectivity index (χ3n) is 4.66. The fourth-order valence-corrected chi connectivity index (χ4v) is 3.21. The summed E-state index contributed by atoms with van der Waals surface area (Å²) in [4.78, 5) is 11.5. The number of ether oxygens (including phenoxy) is 1. The molecule has 0 amide bonds. The molecule has 0 aliphatic carbocycles. The van der Waals surface area contributed by atoms with E-state index in [1.54, 1.807) is 12.3 Å². The van der Waals surface area contributed by atoms with Crippen LogP contribution < -0.4 is 0 Å². The third-order valence-corrected chi connectivity index (χ3v) is 4.66. The largest absolute Gasteiger partial charge is 0.379 e. The molecule has 0 bridgehead atoms. The number of nitriles is 1. The standard InChI is InChI=1S/C20H23FN4O/c21-18-4-1-3-17(15-18)19-5-9-23-20(24-19)16-6-10-25(11-7-16)12-14-26-13-2-8-22/h1,3-5,9,15-16H,2,6-7,10-14H2. The van der Waals surface area contributed by atoms with Gasteiger partial charge in [-0.05, 0) is 44.1 Å². The molecule has 26 heavy (non-hydrogen) atoms. The maximum atomic E-state index is 13.4. The summed E-state index contributed by atoms with van der Waals surface area (Å²) in [6.07, 6.45) is 4.22. The SMILES string of the molecule is N#CCCOCCN1CCC(c2nccc(-c3cccc(F)c3)n2)CC1. The number of piperidine rings is 1. The van der Waals surface area contributed by atoms with Crippen molar-refractivity contribution >= 4 is 0 Å². The maximum Gasteiger partial charge on any atom is 0.132 e. The van der Waals surface area contributed by atoms with Crippen LogP contribution in [0, 0.1) is 17.1 Å². The highest BCUT2D eigenvalue weighted by Crippen LogP contribution is 2.27. The smallest absolute Gasteiger partial charge is 0.132 e. The first kappa shape index (κ1) is 18.4. The molecule has 0 atom stereocenters. The van der Waals surface area contributed by atoms with Gasteiger partial charge in [0.25, 0.3) is 0 Å². The van der Waals surface area contributed by atoms with E-state index < -0.39 is 0 Å². The Morgan fingerprint density at radius 3 is 2.85 bits per heavy atom. The number of aromatic nitrogens is 2. The molecule has 1 aliphatic heterocycles. The van der Waals surface area contributed by atoms with Crippen LogP contribution in [0.2, 0.25) is 0 Å². The summed E-state index contributed by atoms with van der Waals surface area (Å²) in [6, 6.07) is 10.4. The van der Waals surface area contributed by atoms with E-state index in [1.165, 1.54) is 12.1 Å². The van der Waals surface area contributed by atoms with Crippen molar-refractivity contribution < 1.29 is 9.13 Å². The van der Waals surface area contributed by atoms with Crippen LogP contribution in [0.3, 0.4) is 0 Å². The number of hydrogen-bond acceptors (Lipinski definition) is 5. The number of halogens is 1. The number of likely N-dealkylation sites (tertiary alicyclic amines) is 1. The summed E-state index contributed by atoms with van der Waals surface area (Å²) in [7, 11) is 0. The van der Waals surface area contributed by atoms with Crippen LogP contribution in [0.1, 0.15) is 31.0 Å². The summed E-state index contributed by atoms with van der Waals surface area (Å²) >= 11 is 0. The predicted molar refractivity (Wildman–Crippen MR) is 96.9 cm³/mol. The lowest BCUT2D eigenvalue weighted by atomic mass is 9.95. The second kappa shape index (κ2) is 9.37. The van der Waals surface area contributed by atoms with Crippen LogP contribution >= 0.6 is 0 Å². The molecule has 5 nitrogen and oxygen atoms in total. The first-order chi connectivity index (χ1) is 12.8. The van der Waals surface area contributed by atoms with Gasteiger partial charge in [0.05, 0.1) is 31.4 Å². The lowest BCUT2D eigenvalue weighted by Crippen LogP contribution is -2.35. The lowest BCUT2D eigenvalue weighted by molar-refractivity contribution is 0.0967.